The minimum Gasteiger partial charge on any atom is -0.293 e. The summed E-state index contributed by atoms with van der Waals surface area (Å²) >= 11 is 5.82. The van der Waals surface area contributed by atoms with Gasteiger partial charge in [0.25, 0.3) is 0 Å². The normalized spacial score (nSPS) is 11.4. The number of hydrogen-bond acceptors (Lipinski definition) is 3. The molecule has 6 heteroatoms. The summed E-state index contributed by atoms with van der Waals surface area (Å²) in [6.07, 6.45) is 0. The van der Waals surface area contributed by atoms with E-state index in [-0.39, 0.29) is 17.2 Å². The van der Waals surface area contributed by atoms with E-state index in [1.807, 2.05) is 6.92 Å². The number of Topliss-reactive ketones (excluding diaryl/α,β-unsaturated/α-hetero) is 1. The van der Waals surface area contributed by atoms with Crippen molar-refractivity contribution >= 4 is 27.4 Å². The Labute approximate surface area is 135 Å². The van der Waals surface area contributed by atoms with Crippen LogP contribution in [0.15, 0.2) is 47.4 Å². The third-order valence-corrected chi connectivity index (χ3v) is 4.99. The number of ketones is 1. The van der Waals surface area contributed by atoms with Gasteiger partial charge in [0.2, 0.25) is 10.0 Å². The summed E-state index contributed by atoms with van der Waals surface area (Å²) in [5.41, 5.74) is 1.99. The number of carbonyl (C=O) groups excluding carboxylic acids is 1. The average molecular weight is 338 g/mol. The predicted octanol–water partition coefficient (Wildman–Crippen LogP) is 3.12. The molecular weight excluding hydrogens is 322 g/mol. The summed E-state index contributed by atoms with van der Waals surface area (Å²) in [5, 5.41) is 0.433. The van der Waals surface area contributed by atoms with Crippen molar-refractivity contribution < 1.29 is 13.2 Å². The monoisotopic (exact) mass is 337 g/mol. The number of rotatable bonds is 5. The van der Waals surface area contributed by atoms with Crippen LogP contribution >= 0.6 is 11.6 Å². The molecule has 0 aliphatic rings. The molecule has 116 valence electrons. The van der Waals surface area contributed by atoms with Crippen LogP contribution in [0.1, 0.15) is 21.5 Å². The fraction of sp³-hybridized carbons (Fsp3) is 0.188. The number of hydrogen-bond donors (Lipinski definition) is 1. The summed E-state index contributed by atoms with van der Waals surface area (Å²) < 4.78 is 26.9. The van der Waals surface area contributed by atoms with E-state index in [1.54, 1.807) is 37.3 Å². The Bertz CT molecular complexity index is 816. The third-order valence-electron chi connectivity index (χ3n) is 3.19. The van der Waals surface area contributed by atoms with Gasteiger partial charge >= 0.3 is 0 Å². The fourth-order valence-electron chi connectivity index (χ4n) is 2.10. The van der Waals surface area contributed by atoms with Crippen LogP contribution in [-0.2, 0) is 10.0 Å². The molecule has 0 aromatic heterocycles. The summed E-state index contributed by atoms with van der Waals surface area (Å²) in [4.78, 5) is 12.2. The second-order valence-electron chi connectivity index (χ2n) is 5.03. The van der Waals surface area contributed by atoms with Gasteiger partial charge in [0.1, 0.15) is 0 Å². The molecule has 22 heavy (non-hydrogen) atoms. The van der Waals surface area contributed by atoms with Crippen LogP contribution < -0.4 is 4.72 Å². The van der Waals surface area contributed by atoms with E-state index in [2.05, 4.69) is 4.72 Å². The maximum Gasteiger partial charge on any atom is 0.241 e. The lowest BCUT2D eigenvalue weighted by molar-refractivity contribution is 0.0997. The van der Waals surface area contributed by atoms with Crippen molar-refractivity contribution in [1.29, 1.82) is 0 Å². The highest BCUT2D eigenvalue weighted by atomic mass is 35.5. The number of benzene rings is 2. The van der Waals surface area contributed by atoms with E-state index in [4.69, 9.17) is 11.6 Å². The van der Waals surface area contributed by atoms with Gasteiger partial charge in [0, 0.05) is 10.6 Å². The summed E-state index contributed by atoms with van der Waals surface area (Å²) in [5.74, 6) is -0.337. The van der Waals surface area contributed by atoms with Crippen LogP contribution in [0.2, 0.25) is 5.02 Å². The maximum atomic E-state index is 12.3. The molecule has 4 nitrogen and oxygen atoms in total. The zero-order valence-corrected chi connectivity index (χ0v) is 13.8. The Morgan fingerprint density at radius 2 is 1.86 bits per heavy atom. The molecule has 0 heterocycles. The molecule has 0 amide bonds. The van der Waals surface area contributed by atoms with Crippen LogP contribution in [0.25, 0.3) is 0 Å². The van der Waals surface area contributed by atoms with Crippen molar-refractivity contribution in [3.8, 4) is 0 Å². The minimum atomic E-state index is -3.72. The molecule has 0 aliphatic heterocycles. The Morgan fingerprint density at radius 1 is 1.14 bits per heavy atom. The lowest BCUT2D eigenvalue weighted by Gasteiger charge is -2.09. The minimum absolute atomic E-state index is 0.178. The lowest BCUT2D eigenvalue weighted by atomic mass is 10.1. The highest BCUT2D eigenvalue weighted by Crippen LogP contribution is 2.16. The van der Waals surface area contributed by atoms with E-state index in [0.29, 0.717) is 16.1 Å². The van der Waals surface area contributed by atoms with Crippen LogP contribution in [0, 0.1) is 13.8 Å². The molecule has 0 saturated carbocycles. The van der Waals surface area contributed by atoms with Crippen LogP contribution in [0.4, 0.5) is 0 Å². The third kappa shape index (κ3) is 3.94. The van der Waals surface area contributed by atoms with Gasteiger partial charge in [0.05, 0.1) is 11.4 Å². The van der Waals surface area contributed by atoms with Gasteiger partial charge in [-0.3, -0.25) is 4.79 Å². The Hall–Kier alpha value is -1.69. The number of halogens is 1. The van der Waals surface area contributed by atoms with Crippen molar-refractivity contribution in [2.45, 2.75) is 18.7 Å². The second kappa shape index (κ2) is 6.60. The quantitative estimate of drug-likeness (QED) is 0.853. The molecule has 0 saturated heterocycles. The van der Waals surface area contributed by atoms with Gasteiger partial charge in [-0.25, -0.2) is 13.1 Å². The smallest absolute Gasteiger partial charge is 0.241 e. The van der Waals surface area contributed by atoms with Gasteiger partial charge < -0.3 is 0 Å². The summed E-state index contributed by atoms with van der Waals surface area (Å²) in [7, 11) is -3.72. The standard InChI is InChI=1S/C16H16ClNO3S/c1-11-6-7-16(12(2)8-11)22(20,21)18-10-15(19)13-4-3-5-14(17)9-13/h3-9,18H,10H2,1-2H3. The Kier molecular flexibility index (Phi) is 5.01. The molecule has 0 spiro atoms. The van der Waals surface area contributed by atoms with Crippen molar-refractivity contribution in [3.63, 3.8) is 0 Å². The molecule has 2 aromatic carbocycles. The first-order chi connectivity index (χ1) is 10.3. The highest BCUT2D eigenvalue weighted by molar-refractivity contribution is 7.89. The summed E-state index contributed by atoms with van der Waals surface area (Å²) in [6.45, 7) is 3.30. The predicted molar refractivity (Wildman–Crippen MR) is 86.9 cm³/mol. The maximum absolute atomic E-state index is 12.3. The van der Waals surface area contributed by atoms with Crippen LogP contribution in [0.3, 0.4) is 0 Å². The van der Waals surface area contributed by atoms with Crippen molar-refractivity contribution in [2.75, 3.05) is 6.54 Å². The Balaban J connectivity index is 2.14. The SMILES string of the molecule is Cc1ccc(S(=O)(=O)NCC(=O)c2cccc(Cl)c2)c(C)c1. The van der Waals surface area contributed by atoms with E-state index in [9.17, 15) is 13.2 Å². The van der Waals surface area contributed by atoms with Crippen molar-refractivity contribution in [2.24, 2.45) is 0 Å². The zero-order chi connectivity index (χ0) is 16.3. The lowest BCUT2D eigenvalue weighted by Crippen LogP contribution is -2.30. The molecular formula is C16H16ClNO3S. The molecule has 2 rings (SSSR count). The van der Waals surface area contributed by atoms with E-state index < -0.39 is 10.0 Å². The summed E-state index contributed by atoms with van der Waals surface area (Å²) in [6, 6.07) is 11.5. The first-order valence-corrected chi connectivity index (χ1v) is 8.51. The molecule has 0 bridgehead atoms. The Morgan fingerprint density at radius 3 is 2.50 bits per heavy atom. The van der Waals surface area contributed by atoms with Gasteiger partial charge in [-0.05, 0) is 37.6 Å². The number of carbonyl (C=O) groups is 1. The fourth-order valence-corrected chi connectivity index (χ4v) is 3.50. The molecule has 0 fully saturated rings. The van der Waals surface area contributed by atoms with Crippen molar-refractivity contribution in [1.82, 2.24) is 4.72 Å². The molecule has 0 atom stereocenters. The van der Waals surface area contributed by atoms with E-state index in [0.717, 1.165) is 5.56 Å². The van der Waals surface area contributed by atoms with Crippen LogP contribution in [0.5, 0.6) is 0 Å². The van der Waals surface area contributed by atoms with Crippen molar-refractivity contribution in [3.05, 3.63) is 64.2 Å². The zero-order valence-electron chi connectivity index (χ0n) is 12.3. The molecule has 0 unspecified atom stereocenters. The molecule has 1 N–H and O–H groups in total. The first-order valence-electron chi connectivity index (χ1n) is 6.65. The molecule has 2 aromatic rings. The second-order valence-corrected chi connectivity index (χ2v) is 7.20. The molecule has 0 radical (unpaired) electrons. The van der Waals surface area contributed by atoms with Gasteiger partial charge in [-0.1, -0.05) is 41.4 Å². The highest BCUT2D eigenvalue weighted by Gasteiger charge is 2.18. The first kappa shape index (κ1) is 16.7. The van der Waals surface area contributed by atoms with E-state index >= 15 is 0 Å². The van der Waals surface area contributed by atoms with Crippen LogP contribution in [-0.4, -0.2) is 20.7 Å². The van der Waals surface area contributed by atoms with Gasteiger partial charge in [-0.15, -0.1) is 0 Å². The van der Waals surface area contributed by atoms with Gasteiger partial charge in [-0.2, -0.15) is 0 Å². The molecule has 0 aliphatic carbocycles. The number of nitrogens with one attached hydrogen (secondary N) is 1. The number of sulfonamides is 1. The largest absolute Gasteiger partial charge is 0.293 e. The number of aryl methyl sites for hydroxylation is 2. The topological polar surface area (TPSA) is 63.2 Å². The average Bonchev–Trinajstić information content (AvgIpc) is 2.44. The van der Waals surface area contributed by atoms with E-state index in [1.165, 1.54) is 12.1 Å². The van der Waals surface area contributed by atoms with Gasteiger partial charge in [0.15, 0.2) is 5.78 Å².